The van der Waals surface area contributed by atoms with Crippen molar-refractivity contribution in [3.05, 3.63) is 64.9 Å². The number of allylic oxidation sites excluding steroid dienone is 3. The molecule has 1 aromatic rings. The van der Waals surface area contributed by atoms with Crippen LogP contribution in [-0.4, -0.2) is 10.7 Å². The van der Waals surface area contributed by atoms with Crippen molar-refractivity contribution in [3.8, 4) is 0 Å². The minimum atomic E-state index is -0.557. The molecule has 0 saturated heterocycles. The normalized spacial score (nSPS) is 28.8. The molecule has 2 aliphatic rings. The van der Waals surface area contributed by atoms with E-state index in [1.165, 1.54) is 16.7 Å². The molecule has 0 saturated carbocycles. The van der Waals surface area contributed by atoms with Crippen molar-refractivity contribution >= 4 is 5.57 Å². The summed E-state index contributed by atoms with van der Waals surface area (Å²) in [6.45, 7) is 8.46. The number of benzene rings is 1. The van der Waals surface area contributed by atoms with Crippen LogP contribution in [0.4, 0.5) is 4.48 Å². The van der Waals surface area contributed by atoms with Gasteiger partial charge in [-0.15, -0.1) is 0 Å². The van der Waals surface area contributed by atoms with Gasteiger partial charge in [-0.25, -0.2) is 5.12 Å². The van der Waals surface area contributed by atoms with Gasteiger partial charge in [-0.2, -0.15) is 0 Å². The average Bonchev–Trinajstić information content (AvgIpc) is 2.83. The summed E-state index contributed by atoms with van der Waals surface area (Å²) in [7, 11) is 0. The first kappa shape index (κ1) is 15.1. The van der Waals surface area contributed by atoms with Crippen LogP contribution in [0.25, 0.3) is 5.57 Å². The predicted octanol–water partition coefficient (Wildman–Crippen LogP) is 5.68. The van der Waals surface area contributed by atoms with Crippen LogP contribution in [0.5, 0.6) is 0 Å². The highest BCUT2D eigenvalue weighted by atomic mass is 19.2. The molecule has 0 bridgehead atoms. The van der Waals surface area contributed by atoms with Crippen molar-refractivity contribution in [2.75, 3.05) is 0 Å². The highest BCUT2D eigenvalue weighted by Crippen LogP contribution is 2.47. The summed E-state index contributed by atoms with van der Waals surface area (Å²) in [5.74, 6) is 0.327. The Balaban J connectivity index is 2.01. The summed E-state index contributed by atoms with van der Waals surface area (Å²) >= 11 is 0. The van der Waals surface area contributed by atoms with Crippen LogP contribution in [0.3, 0.4) is 0 Å². The number of nitrogens with zero attached hydrogens (tertiary/aromatic N) is 1. The second kappa shape index (κ2) is 5.42. The summed E-state index contributed by atoms with van der Waals surface area (Å²) < 4.78 is 15.0. The lowest BCUT2D eigenvalue weighted by Gasteiger charge is -2.43. The Morgan fingerprint density at radius 1 is 1.18 bits per heavy atom. The largest absolute Gasteiger partial charge is 0.208 e. The fraction of sp³-hybridized carbons (Fsp3) is 0.400. The van der Waals surface area contributed by atoms with Crippen LogP contribution in [-0.2, 0) is 0 Å². The number of rotatable bonds is 2. The molecule has 22 heavy (non-hydrogen) atoms. The van der Waals surface area contributed by atoms with Gasteiger partial charge in [-0.1, -0.05) is 53.4 Å². The monoisotopic (exact) mass is 297 g/mol. The quantitative estimate of drug-likeness (QED) is 0.635. The maximum atomic E-state index is 15.0. The first-order valence-electron chi connectivity index (χ1n) is 8.03. The Morgan fingerprint density at radius 3 is 2.45 bits per heavy atom. The molecular formula is C20H24FN. The molecular weight excluding hydrogens is 273 g/mol. The van der Waals surface area contributed by atoms with E-state index in [4.69, 9.17) is 0 Å². The number of halogens is 1. The van der Waals surface area contributed by atoms with Gasteiger partial charge in [0.05, 0.1) is 5.54 Å². The third-order valence-electron chi connectivity index (χ3n) is 5.14. The Kier molecular flexibility index (Phi) is 3.72. The van der Waals surface area contributed by atoms with Crippen LogP contribution in [0.15, 0.2) is 59.3 Å². The maximum absolute atomic E-state index is 15.0. The smallest absolute Gasteiger partial charge is 0.0944 e. The lowest BCUT2D eigenvalue weighted by molar-refractivity contribution is -0.0198. The SMILES string of the molecule is CC1=CCC(C)=C1C1(C)CC(C)C(c2ccccc2)=CN1F. The van der Waals surface area contributed by atoms with Crippen LogP contribution in [0.2, 0.25) is 0 Å². The van der Waals surface area contributed by atoms with E-state index in [-0.39, 0.29) is 0 Å². The summed E-state index contributed by atoms with van der Waals surface area (Å²) in [6, 6.07) is 10.1. The molecule has 1 aliphatic carbocycles. The summed E-state index contributed by atoms with van der Waals surface area (Å²) in [5.41, 5.74) is 5.35. The van der Waals surface area contributed by atoms with Crippen molar-refractivity contribution in [2.45, 2.75) is 46.1 Å². The van der Waals surface area contributed by atoms with Gasteiger partial charge in [0, 0.05) is 6.20 Å². The van der Waals surface area contributed by atoms with E-state index in [0.717, 1.165) is 29.1 Å². The molecule has 116 valence electrons. The van der Waals surface area contributed by atoms with E-state index in [2.05, 4.69) is 39.0 Å². The third-order valence-corrected chi connectivity index (χ3v) is 5.14. The van der Waals surface area contributed by atoms with Gasteiger partial charge in [0.15, 0.2) is 0 Å². The van der Waals surface area contributed by atoms with Crippen LogP contribution in [0.1, 0.15) is 46.1 Å². The Morgan fingerprint density at radius 2 is 1.86 bits per heavy atom. The highest BCUT2D eigenvalue weighted by Gasteiger charge is 2.43. The zero-order valence-corrected chi connectivity index (χ0v) is 13.9. The molecule has 0 aromatic heterocycles. The van der Waals surface area contributed by atoms with Gasteiger partial charge >= 0.3 is 0 Å². The molecule has 2 atom stereocenters. The molecule has 1 aliphatic heterocycles. The van der Waals surface area contributed by atoms with Crippen molar-refractivity contribution < 1.29 is 4.48 Å². The molecule has 3 rings (SSSR count). The van der Waals surface area contributed by atoms with Gasteiger partial charge < -0.3 is 0 Å². The maximum Gasteiger partial charge on any atom is 0.0944 e. The highest BCUT2D eigenvalue weighted by molar-refractivity contribution is 5.68. The van der Waals surface area contributed by atoms with Crippen LogP contribution >= 0.6 is 0 Å². The zero-order valence-electron chi connectivity index (χ0n) is 13.9. The molecule has 2 unspecified atom stereocenters. The average molecular weight is 297 g/mol. The fourth-order valence-corrected chi connectivity index (χ4v) is 4.12. The Hall–Kier alpha value is -1.83. The minimum absolute atomic E-state index is 0.327. The minimum Gasteiger partial charge on any atom is -0.208 e. The van der Waals surface area contributed by atoms with E-state index in [0.29, 0.717) is 5.92 Å². The van der Waals surface area contributed by atoms with Gasteiger partial charge in [-0.05, 0) is 61.8 Å². The van der Waals surface area contributed by atoms with E-state index in [1.807, 2.05) is 25.1 Å². The molecule has 0 amide bonds. The van der Waals surface area contributed by atoms with Gasteiger partial charge in [0.1, 0.15) is 0 Å². The molecule has 1 heterocycles. The molecule has 0 radical (unpaired) electrons. The van der Waals surface area contributed by atoms with Gasteiger partial charge in [0.25, 0.3) is 0 Å². The lowest BCUT2D eigenvalue weighted by atomic mass is 9.74. The van der Waals surface area contributed by atoms with Crippen molar-refractivity contribution in [1.82, 2.24) is 5.12 Å². The molecule has 0 spiro atoms. The van der Waals surface area contributed by atoms with E-state index in [1.54, 1.807) is 6.20 Å². The molecule has 2 heteroatoms. The summed E-state index contributed by atoms with van der Waals surface area (Å²) in [6.07, 6.45) is 5.66. The number of hydrogen-bond donors (Lipinski definition) is 0. The molecule has 0 fully saturated rings. The predicted molar refractivity (Wildman–Crippen MR) is 90.6 cm³/mol. The topological polar surface area (TPSA) is 3.24 Å². The lowest BCUT2D eigenvalue weighted by Crippen LogP contribution is -2.45. The summed E-state index contributed by atoms with van der Waals surface area (Å²) in [4.78, 5) is 0. The van der Waals surface area contributed by atoms with E-state index < -0.39 is 5.54 Å². The van der Waals surface area contributed by atoms with Crippen LogP contribution in [0, 0.1) is 5.92 Å². The first-order valence-corrected chi connectivity index (χ1v) is 8.03. The van der Waals surface area contributed by atoms with Crippen LogP contribution < -0.4 is 0 Å². The molecule has 1 nitrogen and oxygen atoms in total. The zero-order chi connectivity index (χ0) is 15.9. The fourth-order valence-electron chi connectivity index (χ4n) is 4.12. The van der Waals surface area contributed by atoms with Crippen molar-refractivity contribution in [2.24, 2.45) is 5.92 Å². The standard InChI is InChI=1S/C20H24FN/c1-14-10-11-15(2)19(14)20(4)12-16(3)18(13-22(20)21)17-8-6-5-7-9-17/h5-10,13,16H,11-12H2,1-4H3. The van der Waals surface area contributed by atoms with E-state index >= 15 is 4.48 Å². The van der Waals surface area contributed by atoms with Crippen molar-refractivity contribution in [1.29, 1.82) is 0 Å². The number of hydrogen-bond acceptors (Lipinski definition) is 1. The van der Waals surface area contributed by atoms with E-state index in [9.17, 15) is 0 Å². The third kappa shape index (κ3) is 2.31. The summed E-state index contributed by atoms with van der Waals surface area (Å²) in [5, 5.41) is 0.941. The van der Waals surface area contributed by atoms with Gasteiger partial charge in [0.2, 0.25) is 0 Å². The molecule has 0 N–H and O–H groups in total. The first-order chi connectivity index (χ1) is 10.4. The van der Waals surface area contributed by atoms with Crippen molar-refractivity contribution in [3.63, 3.8) is 0 Å². The second-order valence-electron chi connectivity index (χ2n) is 6.89. The Bertz CT molecular complexity index is 668. The molecule has 1 aromatic carbocycles. The second-order valence-corrected chi connectivity index (χ2v) is 6.89. The van der Waals surface area contributed by atoms with Gasteiger partial charge in [-0.3, -0.25) is 0 Å². The Labute approximate surface area is 132 Å².